The highest BCUT2D eigenvalue weighted by molar-refractivity contribution is 6.00. The van der Waals surface area contributed by atoms with Gasteiger partial charge in [-0.15, -0.1) is 0 Å². The fourth-order valence-corrected chi connectivity index (χ4v) is 5.05. The van der Waals surface area contributed by atoms with E-state index < -0.39 is 0 Å². The summed E-state index contributed by atoms with van der Waals surface area (Å²) in [5.41, 5.74) is 13.5. The van der Waals surface area contributed by atoms with Crippen LogP contribution in [0, 0.1) is 5.92 Å². The quantitative estimate of drug-likeness (QED) is 0.491. The van der Waals surface area contributed by atoms with Crippen molar-refractivity contribution in [3.05, 3.63) is 82.9 Å². The molecule has 3 aliphatic rings. The molecule has 0 radical (unpaired) electrons. The van der Waals surface area contributed by atoms with E-state index >= 15 is 0 Å². The Labute approximate surface area is 175 Å². The van der Waals surface area contributed by atoms with Crippen molar-refractivity contribution in [2.24, 2.45) is 16.6 Å². The number of hydrogen-bond donors (Lipinski definition) is 2. The lowest BCUT2D eigenvalue weighted by molar-refractivity contribution is 0.174. The van der Waals surface area contributed by atoms with Crippen LogP contribution in [0.5, 0.6) is 11.5 Å². The number of nitrogens with zero attached hydrogens (tertiary/aromatic N) is 1. The van der Waals surface area contributed by atoms with Crippen LogP contribution in [0.25, 0.3) is 0 Å². The zero-order valence-electron chi connectivity index (χ0n) is 16.6. The molecule has 0 saturated heterocycles. The van der Waals surface area contributed by atoms with Crippen LogP contribution in [0.3, 0.4) is 0 Å². The summed E-state index contributed by atoms with van der Waals surface area (Å²) in [5, 5.41) is 3.63. The minimum atomic E-state index is 0.217. The highest BCUT2D eigenvalue weighted by Gasteiger charge is 2.35. The van der Waals surface area contributed by atoms with Gasteiger partial charge < -0.3 is 20.5 Å². The molecule has 5 nitrogen and oxygen atoms in total. The van der Waals surface area contributed by atoms with Gasteiger partial charge in [-0.1, -0.05) is 30.3 Å². The first kappa shape index (κ1) is 17.4. The highest BCUT2D eigenvalue weighted by Crippen LogP contribution is 2.46. The number of nitrogens with one attached hydrogen (secondary N) is 1. The van der Waals surface area contributed by atoms with Crippen LogP contribution in [0.1, 0.15) is 34.6 Å². The lowest BCUT2D eigenvalue weighted by Gasteiger charge is -2.39. The molecule has 0 bridgehead atoms. The van der Waals surface area contributed by atoms with Crippen LogP contribution < -0.4 is 20.5 Å². The van der Waals surface area contributed by atoms with Gasteiger partial charge in [-0.25, -0.2) is 4.99 Å². The van der Waals surface area contributed by atoms with Crippen molar-refractivity contribution in [3.63, 3.8) is 0 Å². The number of amidine groups is 1. The molecule has 2 heterocycles. The van der Waals surface area contributed by atoms with Gasteiger partial charge in [0.1, 0.15) is 11.5 Å². The first-order valence-corrected chi connectivity index (χ1v) is 10.5. The zero-order chi connectivity index (χ0) is 20.1. The van der Waals surface area contributed by atoms with E-state index in [0.29, 0.717) is 34.9 Å². The second kappa shape index (κ2) is 6.80. The topological polar surface area (TPSA) is 68.9 Å². The van der Waals surface area contributed by atoms with E-state index in [1.165, 1.54) is 28.8 Å². The summed E-state index contributed by atoms with van der Waals surface area (Å²) in [6.07, 6.45) is 2.36. The Kier molecular flexibility index (Phi) is 3.94. The average molecular weight is 397 g/mol. The minimum Gasteiger partial charge on any atom is -0.454 e. The van der Waals surface area contributed by atoms with E-state index in [4.69, 9.17) is 15.2 Å². The summed E-state index contributed by atoms with van der Waals surface area (Å²) < 4.78 is 11.0. The molecule has 2 unspecified atom stereocenters. The minimum absolute atomic E-state index is 0.217. The molecule has 0 amide bonds. The Morgan fingerprint density at radius 3 is 2.90 bits per heavy atom. The van der Waals surface area contributed by atoms with E-state index in [-0.39, 0.29) is 6.79 Å². The fraction of sp³-hybridized carbons (Fsp3) is 0.240. The molecule has 5 heteroatoms. The van der Waals surface area contributed by atoms with Gasteiger partial charge in [0.15, 0.2) is 11.5 Å². The van der Waals surface area contributed by atoms with Crippen molar-refractivity contribution >= 4 is 17.2 Å². The summed E-state index contributed by atoms with van der Waals surface area (Å²) in [4.78, 5) is 4.67. The maximum absolute atomic E-state index is 6.45. The third-order valence-electron chi connectivity index (χ3n) is 6.50. The normalized spacial score (nSPS) is 21.3. The Morgan fingerprint density at radius 2 is 1.93 bits per heavy atom. The number of hydrogen-bond acceptors (Lipinski definition) is 4. The summed E-state index contributed by atoms with van der Waals surface area (Å²) in [5.74, 6) is 2.84. The molecule has 3 aromatic rings. The molecular formula is C25H23N3O2. The number of aliphatic imine (C=N–C) groups is 1. The van der Waals surface area contributed by atoms with Crippen LogP contribution in [0.2, 0.25) is 0 Å². The van der Waals surface area contributed by atoms with Gasteiger partial charge in [-0.2, -0.15) is 0 Å². The molecule has 3 aromatic carbocycles. The first-order chi connectivity index (χ1) is 14.8. The van der Waals surface area contributed by atoms with E-state index in [0.717, 1.165) is 18.5 Å². The van der Waals surface area contributed by atoms with Gasteiger partial charge in [-0.3, -0.25) is 0 Å². The van der Waals surface area contributed by atoms with Crippen molar-refractivity contribution in [2.75, 3.05) is 18.7 Å². The molecule has 3 N–H and O–H groups in total. The molecule has 0 saturated carbocycles. The van der Waals surface area contributed by atoms with E-state index in [1.54, 1.807) is 0 Å². The maximum atomic E-state index is 6.45. The molecule has 150 valence electrons. The van der Waals surface area contributed by atoms with Gasteiger partial charge in [0.25, 0.3) is 0 Å². The number of para-hydroxylation sites is 1. The van der Waals surface area contributed by atoms with Crippen LogP contribution in [0.4, 0.5) is 11.4 Å². The van der Waals surface area contributed by atoms with Crippen LogP contribution in [-0.4, -0.2) is 19.2 Å². The van der Waals surface area contributed by atoms with E-state index in [9.17, 15) is 0 Å². The molecule has 0 fully saturated rings. The zero-order valence-corrected chi connectivity index (χ0v) is 16.6. The van der Waals surface area contributed by atoms with Crippen molar-refractivity contribution < 1.29 is 9.47 Å². The smallest absolute Gasteiger partial charge is 0.231 e. The molecule has 0 spiro atoms. The average Bonchev–Trinajstić information content (AvgIpc) is 3.28. The van der Waals surface area contributed by atoms with Gasteiger partial charge in [0.2, 0.25) is 6.79 Å². The molecule has 6 rings (SSSR count). The summed E-state index contributed by atoms with van der Waals surface area (Å²) in [6, 6.07) is 20.9. The molecule has 30 heavy (non-hydrogen) atoms. The van der Waals surface area contributed by atoms with Crippen LogP contribution >= 0.6 is 0 Å². The van der Waals surface area contributed by atoms with Crippen LogP contribution in [-0.2, 0) is 6.42 Å². The molecular weight excluding hydrogens is 374 g/mol. The number of rotatable bonds is 2. The van der Waals surface area contributed by atoms with Gasteiger partial charge in [0, 0.05) is 23.7 Å². The standard InChI is InChI=1S/C25H23N3O2/c26-25(28-21-6-3-7-22-24(21)30-14-29-22)16-10-11-20-19(12-16)23-17(13-27-20)9-8-15-4-1-2-5-18(15)23/h1-7,10-12,17,23,27H,8-9,13-14H2,(H2,26,28). The molecule has 2 aliphatic heterocycles. The second-order valence-electron chi connectivity index (χ2n) is 8.17. The summed E-state index contributed by atoms with van der Waals surface area (Å²) in [6.45, 7) is 1.23. The van der Waals surface area contributed by atoms with Crippen molar-refractivity contribution in [1.82, 2.24) is 0 Å². The molecule has 2 atom stereocenters. The Morgan fingerprint density at radius 1 is 1.00 bits per heavy atom. The Bertz CT molecular complexity index is 1170. The number of fused-ring (bicyclic) bond motifs is 6. The SMILES string of the molecule is NC(=Nc1cccc2c1OCO2)c1ccc2c(c1)C1c3ccccc3CCC1CN2. The molecule has 0 aromatic heterocycles. The number of benzene rings is 3. The first-order valence-electron chi connectivity index (χ1n) is 10.5. The van der Waals surface area contributed by atoms with Gasteiger partial charge in [0.05, 0.1) is 0 Å². The second-order valence-corrected chi connectivity index (χ2v) is 8.17. The number of ether oxygens (including phenoxy) is 2. The predicted molar refractivity (Wildman–Crippen MR) is 118 cm³/mol. The highest BCUT2D eigenvalue weighted by atomic mass is 16.7. The van der Waals surface area contributed by atoms with E-state index in [1.807, 2.05) is 24.3 Å². The maximum Gasteiger partial charge on any atom is 0.231 e. The molecule has 1 aliphatic carbocycles. The van der Waals surface area contributed by atoms with Gasteiger partial charge in [-0.05, 0) is 65.8 Å². The van der Waals surface area contributed by atoms with Gasteiger partial charge >= 0.3 is 0 Å². The number of nitrogens with two attached hydrogens (primary N) is 1. The Balaban J connectivity index is 1.42. The largest absolute Gasteiger partial charge is 0.454 e. The number of aryl methyl sites for hydroxylation is 1. The van der Waals surface area contributed by atoms with E-state index in [2.05, 4.69) is 46.7 Å². The number of anilines is 1. The van der Waals surface area contributed by atoms with Crippen LogP contribution in [0.15, 0.2) is 65.7 Å². The summed E-state index contributed by atoms with van der Waals surface area (Å²) in [7, 11) is 0. The van der Waals surface area contributed by atoms with Crippen molar-refractivity contribution in [3.8, 4) is 11.5 Å². The third kappa shape index (κ3) is 2.73. The lowest BCUT2D eigenvalue weighted by Crippen LogP contribution is -2.32. The van der Waals surface area contributed by atoms with Crippen molar-refractivity contribution in [1.29, 1.82) is 0 Å². The Hall–Kier alpha value is -3.47. The lowest BCUT2D eigenvalue weighted by atomic mass is 9.69. The third-order valence-corrected chi connectivity index (χ3v) is 6.50. The fourth-order valence-electron chi connectivity index (χ4n) is 5.05. The predicted octanol–water partition coefficient (Wildman–Crippen LogP) is 4.57. The summed E-state index contributed by atoms with van der Waals surface area (Å²) >= 11 is 0. The monoisotopic (exact) mass is 397 g/mol. The van der Waals surface area contributed by atoms with Crippen molar-refractivity contribution in [2.45, 2.75) is 18.8 Å².